The van der Waals surface area contributed by atoms with Crippen molar-refractivity contribution in [2.75, 3.05) is 50.8 Å². The van der Waals surface area contributed by atoms with Crippen molar-refractivity contribution in [3.05, 3.63) is 58.3 Å². The van der Waals surface area contributed by atoms with E-state index in [-0.39, 0.29) is 18.3 Å². The second kappa shape index (κ2) is 11.3. The number of unbranched alkanes of at least 4 members (excludes halogenated alkanes) is 1. The number of nitrogens with one attached hydrogen (secondary N) is 1. The second-order valence-corrected chi connectivity index (χ2v) is 8.50. The van der Waals surface area contributed by atoms with Crippen molar-refractivity contribution in [2.24, 2.45) is 0 Å². The SMILES string of the molecule is Cc1cccc(N2CCN(CCCCNC(=O)COc3ccc(Br)cc3F)CC2)c1. The van der Waals surface area contributed by atoms with Crippen LogP contribution in [0.5, 0.6) is 5.75 Å². The maximum absolute atomic E-state index is 13.7. The molecule has 1 saturated heterocycles. The molecule has 7 heteroatoms. The van der Waals surface area contributed by atoms with Crippen molar-refractivity contribution >= 4 is 27.5 Å². The molecule has 1 aliphatic rings. The van der Waals surface area contributed by atoms with E-state index < -0.39 is 5.82 Å². The summed E-state index contributed by atoms with van der Waals surface area (Å²) >= 11 is 3.19. The number of nitrogens with zero attached hydrogens (tertiary/aromatic N) is 2. The number of carbonyl (C=O) groups is 1. The van der Waals surface area contributed by atoms with E-state index in [2.05, 4.69) is 62.2 Å². The predicted octanol–water partition coefficient (Wildman–Crippen LogP) is 3.99. The second-order valence-electron chi connectivity index (χ2n) is 7.59. The van der Waals surface area contributed by atoms with Gasteiger partial charge in [-0.05, 0) is 62.2 Å². The van der Waals surface area contributed by atoms with Crippen LogP contribution in [0.4, 0.5) is 10.1 Å². The van der Waals surface area contributed by atoms with Crippen LogP contribution < -0.4 is 15.0 Å². The van der Waals surface area contributed by atoms with Crippen molar-refractivity contribution in [2.45, 2.75) is 19.8 Å². The fraction of sp³-hybridized carbons (Fsp3) is 0.435. The topological polar surface area (TPSA) is 44.8 Å². The van der Waals surface area contributed by atoms with E-state index in [4.69, 9.17) is 4.74 Å². The van der Waals surface area contributed by atoms with Gasteiger partial charge in [-0.3, -0.25) is 9.69 Å². The standard InChI is InChI=1S/C23H29BrFN3O2/c1-18-5-4-6-20(15-18)28-13-11-27(12-14-28)10-3-2-9-26-23(29)17-30-22-8-7-19(24)16-21(22)25/h4-8,15-16H,2-3,9-14,17H2,1H3,(H,26,29). The molecule has 0 radical (unpaired) electrons. The van der Waals surface area contributed by atoms with Crippen LogP contribution in [0.15, 0.2) is 46.9 Å². The van der Waals surface area contributed by atoms with Crippen molar-refractivity contribution < 1.29 is 13.9 Å². The number of carbonyl (C=O) groups excluding carboxylic acids is 1. The molecule has 1 fully saturated rings. The molecule has 2 aromatic carbocycles. The summed E-state index contributed by atoms with van der Waals surface area (Å²) in [5.74, 6) is -0.637. The molecular weight excluding hydrogens is 449 g/mol. The van der Waals surface area contributed by atoms with Gasteiger partial charge in [-0.2, -0.15) is 0 Å². The third kappa shape index (κ3) is 6.99. The fourth-order valence-electron chi connectivity index (χ4n) is 3.53. The number of rotatable bonds is 9. The molecule has 1 aliphatic heterocycles. The first-order valence-electron chi connectivity index (χ1n) is 10.4. The first kappa shape index (κ1) is 22.6. The zero-order chi connectivity index (χ0) is 21.3. The lowest BCUT2D eigenvalue weighted by Crippen LogP contribution is -2.46. The van der Waals surface area contributed by atoms with Gasteiger partial charge in [0.25, 0.3) is 5.91 Å². The van der Waals surface area contributed by atoms with Crippen molar-refractivity contribution in [1.82, 2.24) is 10.2 Å². The molecule has 1 amide bonds. The molecule has 5 nitrogen and oxygen atoms in total. The lowest BCUT2D eigenvalue weighted by Gasteiger charge is -2.36. The lowest BCUT2D eigenvalue weighted by atomic mass is 10.2. The molecule has 0 unspecified atom stereocenters. The average Bonchev–Trinajstić information content (AvgIpc) is 2.73. The first-order valence-corrected chi connectivity index (χ1v) is 11.2. The van der Waals surface area contributed by atoms with E-state index >= 15 is 0 Å². The summed E-state index contributed by atoms with van der Waals surface area (Å²) in [5, 5.41) is 2.83. The number of ether oxygens (including phenoxy) is 1. The van der Waals surface area contributed by atoms with Gasteiger partial charge in [0.15, 0.2) is 18.2 Å². The van der Waals surface area contributed by atoms with Crippen molar-refractivity contribution in [3.63, 3.8) is 0 Å². The minimum absolute atomic E-state index is 0.0816. The smallest absolute Gasteiger partial charge is 0.257 e. The Morgan fingerprint density at radius 3 is 2.67 bits per heavy atom. The maximum atomic E-state index is 13.7. The molecule has 30 heavy (non-hydrogen) atoms. The van der Waals surface area contributed by atoms with Gasteiger partial charge >= 0.3 is 0 Å². The third-order valence-corrected chi connectivity index (χ3v) is 5.71. The van der Waals surface area contributed by atoms with Crippen LogP contribution in [0, 0.1) is 12.7 Å². The van der Waals surface area contributed by atoms with E-state index in [1.54, 1.807) is 6.07 Å². The van der Waals surface area contributed by atoms with E-state index in [1.165, 1.54) is 23.4 Å². The average molecular weight is 478 g/mol. The Bertz CT molecular complexity index is 841. The number of piperazine rings is 1. The molecule has 0 bridgehead atoms. The highest BCUT2D eigenvalue weighted by atomic mass is 79.9. The Kier molecular flexibility index (Phi) is 8.51. The minimum Gasteiger partial charge on any atom is -0.481 e. The van der Waals surface area contributed by atoms with Gasteiger partial charge < -0.3 is 15.0 Å². The Morgan fingerprint density at radius 1 is 1.13 bits per heavy atom. The van der Waals surface area contributed by atoms with Crippen LogP contribution in [0.2, 0.25) is 0 Å². The van der Waals surface area contributed by atoms with Gasteiger partial charge in [0, 0.05) is 42.9 Å². The van der Waals surface area contributed by atoms with E-state index in [0.717, 1.165) is 45.6 Å². The number of anilines is 1. The number of benzene rings is 2. The predicted molar refractivity (Wildman–Crippen MR) is 122 cm³/mol. The van der Waals surface area contributed by atoms with Gasteiger partial charge in [-0.25, -0.2) is 4.39 Å². The van der Waals surface area contributed by atoms with Crippen LogP contribution in [0.25, 0.3) is 0 Å². The number of aryl methyl sites for hydroxylation is 1. The maximum Gasteiger partial charge on any atom is 0.257 e. The molecule has 162 valence electrons. The first-order chi connectivity index (χ1) is 14.5. The molecular formula is C23H29BrFN3O2. The molecule has 0 saturated carbocycles. The Hall–Kier alpha value is -2.12. The minimum atomic E-state index is -0.486. The lowest BCUT2D eigenvalue weighted by molar-refractivity contribution is -0.123. The number of hydrogen-bond acceptors (Lipinski definition) is 4. The Labute approximate surface area is 186 Å². The highest BCUT2D eigenvalue weighted by Crippen LogP contribution is 2.21. The summed E-state index contributed by atoms with van der Waals surface area (Å²) in [4.78, 5) is 16.8. The third-order valence-electron chi connectivity index (χ3n) is 5.22. The van der Waals surface area contributed by atoms with Gasteiger partial charge in [0.1, 0.15) is 0 Å². The quantitative estimate of drug-likeness (QED) is 0.554. The summed E-state index contributed by atoms with van der Waals surface area (Å²) in [6, 6.07) is 13.2. The Morgan fingerprint density at radius 2 is 1.93 bits per heavy atom. The molecule has 2 aromatic rings. The molecule has 0 aliphatic carbocycles. The van der Waals surface area contributed by atoms with Crippen molar-refractivity contribution in [1.29, 1.82) is 0 Å². The van der Waals surface area contributed by atoms with Crippen LogP contribution in [0.1, 0.15) is 18.4 Å². The molecule has 1 N–H and O–H groups in total. The van der Waals surface area contributed by atoms with Gasteiger partial charge in [0.05, 0.1) is 0 Å². The van der Waals surface area contributed by atoms with Crippen LogP contribution in [-0.4, -0.2) is 56.7 Å². The highest BCUT2D eigenvalue weighted by Gasteiger charge is 2.16. The highest BCUT2D eigenvalue weighted by molar-refractivity contribution is 9.10. The summed E-state index contributed by atoms with van der Waals surface area (Å²) < 4.78 is 19.5. The van der Waals surface area contributed by atoms with Gasteiger partial charge in [-0.15, -0.1) is 0 Å². The monoisotopic (exact) mass is 477 g/mol. The normalized spacial score (nSPS) is 14.6. The number of halogens is 2. The molecule has 0 spiro atoms. The summed E-state index contributed by atoms with van der Waals surface area (Å²) in [6.07, 6.45) is 1.95. The van der Waals surface area contributed by atoms with E-state index in [1.807, 2.05) is 0 Å². The fourth-order valence-corrected chi connectivity index (χ4v) is 3.86. The van der Waals surface area contributed by atoms with E-state index in [9.17, 15) is 9.18 Å². The van der Waals surface area contributed by atoms with Crippen LogP contribution >= 0.6 is 15.9 Å². The van der Waals surface area contributed by atoms with Gasteiger partial charge in [0.2, 0.25) is 0 Å². The van der Waals surface area contributed by atoms with Crippen LogP contribution in [0.3, 0.4) is 0 Å². The summed E-state index contributed by atoms with van der Waals surface area (Å²) in [5.41, 5.74) is 2.60. The summed E-state index contributed by atoms with van der Waals surface area (Å²) in [6.45, 7) is 7.81. The number of hydrogen-bond donors (Lipinski definition) is 1. The molecule has 1 heterocycles. The molecule has 3 rings (SSSR count). The number of amides is 1. The zero-order valence-corrected chi connectivity index (χ0v) is 19.0. The summed E-state index contributed by atoms with van der Waals surface area (Å²) in [7, 11) is 0. The van der Waals surface area contributed by atoms with Crippen LogP contribution in [-0.2, 0) is 4.79 Å². The van der Waals surface area contributed by atoms with E-state index in [0.29, 0.717) is 11.0 Å². The molecule has 0 aromatic heterocycles. The molecule has 0 atom stereocenters. The Balaban J connectivity index is 1.25. The largest absolute Gasteiger partial charge is 0.481 e. The van der Waals surface area contributed by atoms with Gasteiger partial charge in [-0.1, -0.05) is 28.1 Å². The van der Waals surface area contributed by atoms with Crippen molar-refractivity contribution in [3.8, 4) is 5.75 Å². The zero-order valence-electron chi connectivity index (χ0n) is 17.4.